The molecule has 0 aliphatic carbocycles. The number of hydrogen-bond donors (Lipinski definition) is 0. The maximum absolute atomic E-state index is 13.0. The summed E-state index contributed by atoms with van der Waals surface area (Å²) in [6.45, 7) is 7.78. The van der Waals surface area contributed by atoms with E-state index in [1.165, 1.54) is 0 Å². The fourth-order valence-electron chi connectivity index (χ4n) is 3.29. The lowest BCUT2D eigenvalue weighted by Crippen LogP contribution is -2.46. The topological polar surface area (TPSA) is 51.1 Å². The van der Waals surface area contributed by atoms with Crippen LogP contribution >= 0.6 is 11.8 Å². The van der Waals surface area contributed by atoms with Crippen LogP contribution in [0, 0.1) is 0 Å². The van der Waals surface area contributed by atoms with Gasteiger partial charge in [0.2, 0.25) is 5.91 Å². The van der Waals surface area contributed by atoms with Crippen molar-refractivity contribution in [2.75, 3.05) is 19.0 Å². The van der Waals surface area contributed by atoms with Crippen LogP contribution in [0.3, 0.4) is 0 Å². The third-order valence-electron chi connectivity index (χ3n) is 4.78. The van der Waals surface area contributed by atoms with Gasteiger partial charge < -0.3 is 9.47 Å². The van der Waals surface area contributed by atoms with Gasteiger partial charge in [-0.25, -0.2) is 0 Å². The molecule has 0 saturated carbocycles. The molecule has 1 amide bonds. The van der Waals surface area contributed by atoms with Crippen LogP contribution in [0.5, 0.6) is 11.5 Å². The molecule has 1 aliphatic heterocycles. The second-order valence-corrected chi connectivity index (χ2v) is 8.69. The fraction of sp³-hybridized carbons (Fsp3) is 0.417. The summed E-state index contributed by atoms with van der Waals surface area (Å²) in [6.07, 6.45) is 1.06. The Morgan fingerprint density at radius 2 is 1.73 bits per heavy atom. The van der Waals surface area contributed by atoms with Crippen molar-refractivity contribution in [3.63, 3.8) is 0 Å². The van der Waals surface area contributed by atoms with Gasteiger partial charge in [0.05, 0.1) is 25.3 Å². The Morgan fingerprint density at radius 1 is 1.07 bits per heavy atom. The first-order valence-corrected chi connectivity index (χ1v) is 11.4. The zero-order valence-corrected chi connectivity index (χ0v) is 18.8. The van der Waals surface area contributed by atoms with E-state index in [2.05, 4.69) is 26.0 Å². The number of benzene rings is 2. The Labute approximate surface area is 183 Å². The SMILES string of the molecule is CCOc1ccccc1OCCCC(=O)N1C(=NCc2ccccc2)SCC1(C)C. The summed E-state index contributed by atoms with van der Waals surface area (Å²) in [7, 11) is 0. The van der Waals surface area contributed by atoms with Gasteiger partial charge in [-0.15, -0.1) is 0 Å². The lowest BCUT2D eigenvalue weighted by atomic mass is 10.1. The molecule has 0 unspecified atom stereocenters. The van der Waals surface area contributed by atoms with Gasteiger partial charge in [0.25, 0.3) is 0 Å². The van der Waals surface area contributed by atoms with Gasteiger partial charge in [-0.05, 0) is 44.9 Å². The molecule has 1 heterocycles. The minimum absolute atomic E-state index is 0.0958. The summed E-state index contributed by atoms with van der Waals surface area (Å²) < 4.78 is 11.4. The Balaban J connectivity index is 1.56. The molecule has 1 saturated heterocycles. The van der Waals surface area contributed by atoms with Gasteiger partial charge in [-0.3, -0.25) is 14.7 Å². The number of hydrogen-bond acceptors (Lipinski definition) is 5. The molecule has 1 fully saturated rings. The van der Waals surface area contributed by atoms with Gasteiger partial charge in [-0.1, -0.05) is 54.2 Å². The third-order valence-corrected chi connectivity index (χ3v) is 6.20. The summed E-state index contributed by atoms with van der Waals surface area (Å²) in [5.41, 5.74) is 0.906. The van der Waals surface area contributed by atoms with E-state index in [0.717, 1.165) is 22.2 Å². The molecule has 2 aromatic rings. The Morgan fingerprint density at radius 3 is 2.43 bits per heavy atom. The molecule has 0 N–H and O–H groups in total. The third kappa shape index (κ3) is 5.79. The van der Waals surface area contributed by atoms with Crippen LogP contribution < -0.4 is 9.47 Å². The van der Waals surface area contributed by atoms with Crippen molar-refractivity contribution in [2.45, 2.75) is 45.7 Å². The van der Waals surface area contributed by atoms with E-state index in [1.54, 1.807) is 11.8 Å². The van der Waals surface area contributed by atoms with E-state index in [-0.39, 0.29) is 11.4 Å². The van der Waals surface area contributed by atoms with Crippen LogP contribution in [-0.4, -0.2) is 40.5 Å². The molecule has 0 bridgehead atoms. The van der Waals surface area contributed by atoms with E-state index >= 15 is 0 Å². The number of rotatable bonds is 9. The highest BCUT2D eigenvalue weighted by Crippen LogP contribution is 2.34. The summed E-state index contributed by atoms with van der Waals surface area (Å²) in [4.78, 5) is 19.6. The van der Waals surface area contributed by atoms with E-state index in [0.29, 0.717) is 38.3 Å². The van der Waals surface area contributed by atoms with Gasteiger partial charge >= 0.3 is 0 Å². The minimum atomic E-state index is -0.236. The highest BCUT2D eigenvalue weighted by molar-refractivity contribution is 8.14. The van der Waals surface area contributed by atoms with Gasteiger partial charge in [0, 0.05) is 12.2 Å². The first kappa shape index (κ1) is 22.2. The second kappa shape index (κ2) is 10.5. The molecular formula is C24H30N2O3S. The van der Waals surface area contributed by atoms with Gasteiger partial charge in [0.15, 0.2) is 16.7 Å². The molecule has 0 atom stereocenters. The molecule has 0 aromatic heterocycles. The normalized spacial score (nSPS) is 16.6. The fourth-order valence-corrected chi connectivity index (χ4v) is 4.54. The number of carbonyl (C=O) groups excluding carboxylic acids is 1. The van der Waals surface area contributed by atoms with Crippen LogP contribution in [0.1, 0.15) is 39.2 Å². The Bertz CT molecular complexity index is 868. The number of para-hydroxylation sites is 2. The number of nitrogens with zero attached hydrogens (tertiary/aromatic N) is 2. The summed E-state index contributed by atoms with van der Waals surface area (Å²) in [5, 5.41) is 0.816. The summed E-state index contributed by atoms with van der Waals surface area (Å²) in [6, 6.07) is 17.7. The molecule has 6 heteroatoms. The van der Waals surface area contributed by atoms with E-state index in [1.807, 2.05) is 54.3 Å². The average Bonchev–Trinajstić information content (AvgIpc) is 3.06. The zero-order valence-electron chi connectivity index (χ0n) is 18.0. The highest BCUT2D eigenvalue weighted by Gasteiger charge is 2.40. The number of aliphatic imine (C=N–C) groups is 1. The quantitative estimate of drug-likeness (QED) is 0.520. The van der Waals surface area contributed by atoms with Gasteiger partial charge in [0.1, 0.15) is 0 Å². The van der Waals surface area contributed by atoms with Crippen molar-refractivity contribution < 1.29 is 14.3 Å². The molecular weight excluding hydrogens is 396 g/mol. The molecule has 5 nitrogen and oxygen atoms in total. The molecule has 0 spiro atoms. The van der Waals surface area contributed by atoms with Crippen molar-refractivity contribution in [3.8, 4) is 11.5 Å². The van der Waals surface area contributed by atoms with Crippen LogP contribution in [0.2, 0.25) is 0 Å². The number of ether oxygens (including phenoxy) is 2. The van der Waals surface area contributed by atoms with Crippen molar-refractivity contribution in [2.24, 2.45) is 4.99 Å². The first-order valence-electron chi connectivity index (χ1n) is 10.4. The van der Waals surface area contributed by atoms with E-state index in [9.17, 15) is 4.79 Å². The number of amides is 1. The molecule has 3 rings (SSSR count). The summed E-state index contributed by atoms with van der Waals surface area (Å²) in [5.74, 6) is 2.40. The van der Waals surface area contributed by atoms with Crippen LogP contribution in [-0.2, 0) is 11.3 Å². The molecule has 160 valence electrons. The maximum atomic E-state index is 13.0. The summed E-state index contributed by atoms with van der Waals surface area (Å²) >= 11 is 1.66. The predicted octanol–water partition coefficient (Wildman–Crippen LogP) is 5.15. The minimum Gasteiger partial charge on any atom is -0.490 e. The average molecular weight is 427 g/mol. The second-order valence-electron chi connectivity index (χ2n) is 7.75. The smallest absolute Gasteiger partial charge is 0.229 e. The predicted molar refractivity (Wildman–Crippen MR) is 123 cm³/mol. The molecule has 2 aromatic carbocycles. The largest absolute Gasteiger partial charge is 0.490 e. The lowest BCUT2D eigenvalue weighted by molar-refractivity contribution is -0.130. The van der Waals surface area contributed by atoms with Gasteiger partial charge in [-0.2, -0.15) is 0 Å². The van der Waals surface area contributed by atoms with Crippen LogP contribution in [0.4, 0.5) is 0 Å². The Hall–Kier alpha value is -2.47. The van der Waals surface area contributed by atoms with Crippen molar-refractivity contribution in [1.29, 1.82) is 0 Å². The molecule has 0 radical (unpaired) electrons. The standard InChI is InChI=1S/C24H30N2O3S/c1-4-28-20-13-8-9-14-21(20)29-16-10-15-22(27)26-23(30-18-24(26,2)3)25-17-19-11-6-5-7-12-19/h5-9,11-14H,4,10,15-18H2,1-3H3. The monoisotopic (exact) mass is 426 g/mol. The maximum Gasteiger partial charge on any atom is 0.229 e. The molecule has 30 heavy (non-hydrogen) atoms. The zero-order chi connectivity index (χ0) is 21.4. The Kier molecular flexibility index (Phi) is 7.80. The van der Waals surface area contributed by atoms with Crippen molar-refractivity contribution in [3.05, 3.63) is 60.2 Å². The molecule has 1 aliphatic rings. The number of carbonyl (C=O) groups is 1. The van der Waals surface area contributed by atoms with Crippen LogP contribution in [0.25, 0.3) is 0 Å². The van der Waals surface area contributed by atoms with Crippen LogP contribution in [0.15, 0.2) is 59.6 Å². The number of thioether (sulfide) groups is 1. The number of amidine groups is 1. The van der Waals surface area contributed by atoms with E-state index < -0.39 is 0 Å². The highest BCUT2D eigenvalue weighted by atomic mass is 32.2. The van der Waals surface area contributed by atoms with Crippen molar-refractivity contribution in [1.82, 2.24) is 4.90 Å². The van der Waals surface area contributed by atoms with E-state index in [4.69, 9.17) is 14.5 Å². The van der Waals surface area contributed by atoms with Crippen molar-refractivity contribution >= 4 is 22.8 Å². The first-order chi connectivity index (χ1) is 14.5. The lowest BCUT2D eigenvalue weighted by Gasteiger charge is -2.30.